The van der Waals surface area contributed by atoms with Crippen LogP contribution in [0.5, 0.6) is 0 Å². The van der Waals surface area contributed by atoms with Gasteiger partial charge in [-0.2, -0.15) is 0 Å². The molecule has 1 aliphatic rings. The summed E-state index contributed by atoms with van der Waals surface area (Å²) >= 11 is 0. The van der Waals surface area contributed by atoms with Crippen LogP contribution in [-0.4, -0.2) is 22.3 Å². The molecule has 1 atom stereocenters. The Hall–Kier alpha value is -1.15. The predicted molar refractivity (Wildman–Crippen MR) is 65.2 cm³/mol. The minimum absolute atomic E-state index is 0.310. The molecule has 16 heavy (non-hydrogen) atoms. The standard InChI is InChI=1S/C14H19NO/c1-11-9-13(16)14(2,3)15(11)10-12-7-5-4-6-8-12/h4-8,11H,9-10H2,1-3H3. The third-order valence-electron chi connectivity index (χ3n) is 3.61. The number of nitrogens with zero attached hydrogens (tertiary/aromatic N) is 1. The first-order valence-electron chi connectivity index (χ1n) is 5.86. The Kier molecular flexibility index (Phi) is 2.85. The number of hydrogen-bond acceptors (Lipinski definition) is 2. The van der Waals surface area contributed by atoms with Gasteiger partial charge in [-0.3, -0.25) is 9.69 Å². The first kappa shape index (κ1) is 11.3. The fourth-order valence-corrected chi connectivity index (χ4v) is 2.47. The van der Waals surface area contributed by atoms with E-state index in [0.29, 0.717) is 18.2 Å². The average Bonchev–Trinajstić information content (AvgIpc) is 2.43. The van der Waals surface area contributed by atoms with Gasteiger partial charge in [-0.1, -0.05) is 30.3 Å². The highest BCUT2D eigenvalue weighted by atomic mass is 16.1. The number of carbonyl (C=O) groups excluding carboxylic acids is 1. The van der Waals surface area contributed by atoms with Gasteiger partial charge in [0.25, 0.3) is 0 Å². The molecule has 86 valence electrons. The van der Waals surface area contributed by atoms with Crippen LogP contribution in [0.2, 0.25) is 0 Å². The number of benzene rings is 1. The molecule has 0 N–H and O–H groups in total. The SMILES string of the molecule is CC1CC(=O)C(C)(C)N1Cc1ccccc1. The molecule has 2 heteroatoms. The summed E-state index contributed by atoms with van der Waals surface area (Å²) in [5.41, 5.74) is 0.965. The largest absolute Gasteiger partial charge is 0.298 e. The van der Waals surface area contributed by atoms with Crippen molar-refractivity contribution >= 4 is 5.78 Å². The van der Waals surface area contributed by atoms with Gasteiger partial charge in [0.15, 0.2) is 5.78 Å². The summed E-state index contributed by atoms with van der Waals surface area (Å²) in [5.74, 6) is 0.357. The highest BCUT2D eigenvalue weighted by Gasteiger charge is 2.43. The quantitative estimate of drug-likeness (QED) is 0.759. The second-order valence-electron chi connectivity index (χ2n) is 5.15. The van der Waals surface area contributed by atoms with Crippen molar-refractivity contribution in [1.29, 1.82) is 0 Å². The molecule has 0 aromatic heterocycles. The molecule has 0 aliphatic carbocycles. The summed E-state index contributed by atoms with van der Waals surface area (Å²) in [6.07, 6.45) is 0.680. The van der Waals surface area contributed by atoms with Crippen molar-refractivity contribution in [3.05, 3.63) is 35.9 Å². The van der Waals surface area contributed by atoms with Crippen molar-refractivity contribution in [2.75, 3.05) is 0 Å². The molecule has 1 heterocycles. The van der Waals surface area contributed by atoms with E-state index in [1.54, 1.807) is 0 Å². The topological polar surface area (TPSA) is 20.3 Å². The van der Waals surface area contributed by atoms with E-state index in [1.807, 2.05) is 32.0 Å². The Morgan fingerprint density at radius 3 is 2.44 bits per heavy atom. The van der Waals surface area contributed by atoms with E-state index in [1.165, 1.54) is 5.56 Å². The Labute approximate surface area is 97.3 Å². The molecule has 0 saturated carbocycles. The fourth-order valence-electron chi connectivity index (χ4n) is 2.47. The lowest BCUT2D eigenvalue weighted by molar-refractivity contribution is -0.123. The zero-order valence-corrected chi connectivity index (χ0v) is 10.2. The molecule has 0 spiro atoms. The highest BCUT2D eigenvalue weighted by molar-refractivity contribution is 5.90. The van der Waals surface area contributed by atoms with Crippen molar-refractivity contribution in [2.24, 2.45) is 0 Å². The molecule has 0 radical (unpaired) electrons. The van der Waals surface area contributed by atoms with Crippen LogP contribution < -0.4 is 0 Å². The maximum atomic E-state index is 11.9. The van der Waals surface area contributed by atoms with E-state index in [-0.39, 0.29) is 5.54 Å². The highest BCUT2D eigenvalue weighted by Crippen LogP contribution is 2.31. The predicted octanol–water partition coefficient (Wildman–Crippen LogP) is 2.63. The van der Waals surface area contributed by atoms with Gasteiger partial charge < -0.3 is 0 Å². The van der Waals surface area contributed by atoms with E-state index in [9.17, 15) is 4.79 Å². The van der Waals surface area contributed by atoms with Gasteiger partial charge in [0.05, 0.1) is 5.54 Å². The van der Waals surface area contributed by atoms with E-state index in [2.05, 4.69) is 24.0 Å². The third kappa shape index (κ3) is 1.90. The molecule has 1 aromatic carbocycles. The van der Waals surface area contributed by atoms with Gasteiger partial charge in [-0.05, 0) is 26.3 Å². The van der Waals surface area contributed by atoms with Crippen LogP contribution in [0.4, 0.5) is 0 Å². The van der Waals surface area contributed by atoms with Gasteiger partial charge in [0, 0.05) is 19.0 Å². The van der Waals surface area contributed by atoms with E-state index in [4.69, 9.17) is 0 Å². The molecule has 2 nitrogen and oxygen atoms in total. The van der Waals surface area contributed by atoms with Gasteiger partial charge in [-0.15, -0.1) is 0 Å². The number of ketones is 1. The smallest absolute Gasteiger partial charge is 0.154 e. The minimum atomic E-state index is -0.310. The molecular weight excluding hydrogens is 198 g/mol. The van der Waals surface area contributed by atoms with Crippen LogP contribution in [0.15, 0.2) is 30.3 Å². The number of hydrogen-bond donors (Lipinski definition) is 0. The molecule has 0 amide bonds. The maximum Gasteiger partial charge on any atom is 0.154 e. The van der Waals surface area contributed by atoms with Crippen molar-refractivity contribution in [3.63, 3.8) is 0 Å². The Morgan fingerprint density at radius 1 is 1.31 bits per heavy atom. The average molecular weight is 217 g/mol. The normalized spacial score (nSPS) is 24.9. The summed E-state index contributed by atoms with van der Waals surface area (Å²) in [6.45, 7) is 7.06. The molecule has 1 saturated heterocycles. The summed E-state index contributed by atoms with van der Waals surface area (Å²) in [4.78, 5) is 14.2. The van der Waals surface area contributed by atoms with Crippen molar-refractivity contribution in [1.82, 2.24) is 4.90 Å². The molecule has 1 aliphatic heterocycles. The molecule has 1 unspecified atom stereocenters. The molecule has 1 fully saturated rings. The Bertz CT molecular complexity index is 383. The van der Waals surface area contributed by atoms with Crippen LogP contribution in [0.3, 0.4) is 0 Å². The number of Topliss-reactive ketones (excluding diaryl/α,β-unsaturated/α-hetero) is 1. The van der Waals surface area contributed by atoms with Gasteiger partial charge in [0.2, 0.25) is 0 Å². The summed E-state index contributed by atoms with van der Waals surface area (Å²) < 4.78 is 0. The van der Waals surface area contributed by atoms with Crippen LogP contribution in [0, 0.1) is 0 Å². The van der Waals surface area contributed by atoms with Gasteiger partial charge in [-0.25, -0.2) is 0 Å². The molecule has 0 bridgehead atoms. The van der Waals surface area contributed by atoms with E-state index >= 15 is 0 Å². The molecular formula is C14H19NO. The Morgan fingerprint density at radius 2 is 1.94 bits per heavy atom. The van der Waals surface area contributed by atoms with Gasteiger partial charge in [0.1, 0.15) is 0 Å². The monoisotopic (exact) mass is 217 g/mol. The fraction of sp³-hybridized carbons (Fsp3) is 0.500. The lowest BCUT2D eigenvalue weighted by Gasteiger charge is -2.33. The maximum absolute atomic E-state index is 11.9. The second kappa shape index (κ2) is 4.02. The number of rotatable bonds is 2. The molecule has 1 aromatic rings. The van der Waals surface area contributed by atoms with E-state index in [0.717, 1.165) is 6.54 Å². The van der Waals surface area contributed by atoms with Crippen LogP contribution >= 0.6 is 0 Å². The Balaban J connectivity index is 2.19. The zero-order chi connectivity index (χ0) is 11.8. The van der Waals surface area contributed by atoms with Crippen LogP contribution in [0.1, 0.15) is 32.8 Å². The lowest BCUT2D eigenvalue weighted by atomic mass is 10.00. The van der Waals surface area contributed by atoms with Crippen molar-refractivity contribution < 1.29 is 4.79 Å². The summed E-state index contributed by atoms with van der Waals surface area (Å²) in [5, 5.41) is 0. The summed E-state index contributed by atoms with van der Waals surface area (Å²) in [6, 6.07) is 10.7. The minimum Gasteiger partial charge on any atom is -0.298 e. The van der Waals surface area contributed by atoms with E-state index < -0.39 is 0 Å². The van der Waals surface area contributed by atoms with Crippen molar-refractivity contribution in [3.8, 4) is 0 Å². The first-order valence-corrected chi connectivity index (χ1v) is 5.86. The lowest BCUT2D eigenvalue weighted by Crippen LogP contribution is -2.44. The molecule has 2 rings (SSSR count). The zero-order valence-electron chi connectivity index (χ0n) is 10.2. The summed E-state index contributed by atoms with van der Waals surface area (Å²) in [7, 11) is 0. The van der Waals surface area contributed by atoms with Crippen molar-refractivity contribution in [2.45, 2.75) is 45.3 Å². The first-order chi connectivity index (χ1) is 7.51. The number of likely N-dealkylation sites (tertiary alicyclic amines) is 1. The van der Waals surface area contributed by atoms with Crippen LogP contribution in [-0.2, 0) is 11.3 Å². The van der Waals surface area contributed by atoms with Gasteiger partial charge >= 0.3 is 0 Å². The third-order valence-corrected chi connectivity index (χ3v) is 3.61. The number of carbonyl (C=O) groups is 1. The van der Waals surface area contributed by atoms with Crippen LogP contribution in [0.25, 0.3) is 0 Å². The second-order valence-corrected chi connectivity index (χ2v) is 5.15.